The number of nitrogens with two attached hydrogens (primary N) is 1. The van der Waals surface area contributed by atoms with Gasteiger partial charge in [-0.3, -0.25) is 9.52 Å². The number of carbonyl (C=O) groups excluding carboxylic acids is 1. The van der Waals surface area contributed by atoms with Crippen molar-refractivity contribution in [2.45, 2.75) is 11.1 Å². The largest absolute Gasteiger partial charge is 0.495 e. The number of anilines is 1. The molecular weight excluding hydrogens is 312 g/mol. The molecule has 0 unspecified atom stereocenters. The molecule has 112 valence electrons. The summed E-state index contributed by atoms with van der Waals surface area (Å²) < 4.78 is 32.3. The Balaban J connectivity index is 2.42. The summed E-state index contributed by atoms with van der Waals surface area (Å²) in [4.78, 5) is 12.1. The van der Waals surface area contributed by atoms with E-state index in [2.05, 4.69) is 4.72 Å². The van der Waals surface area contributed by atoms with Gasteiger partial charge in [-0.25, -0.2) is 8.42 Å². The van der Waals surface area contributed by atoms with Crippen molar-refractivity contribution in [3.8, 4) is 5.75 Å². The van der Waals surface area contributed by atoms with Gasteiger partial charge in [0.25, 0.3) is 10.0 Å². The quantitative estimate of drug-likeness (QED) is 0.877. The van der Waals surface area contributed by atoms with Gasteiger partial charge in [0.05, 0.1) is 12.8 Å². The molecule has 0 spiro atoms. The number of carbonyl (C=O) groups is 1. The van der Waals surface area contributed by atoms with Gasteiger partial charge in [-0.1, -0.05) is 0 Å². The second-order valence-corrected chi connectivity index (χ2v) is 7.45. The minimum atomic E-state index is -3.73. The first kappa shape index (κ1) is 15.3. The Morgan fingerprint density at radius 3 is 2.52 bits per heavy atom. The number of aryl methyl sites for hydroxylation is 1. The van der Waals surface area contributed by atoms with E-state index >= 15 is 0 Å². The Kier molecular flexibility index (Phi) is 4.19. The van der Waals surface area contributed by atoms with E-state index in [1.54, 1.807) is 6.07 Å². The number of hydrogen-bond acceptors (Lipinski definition) is 5. The standard InChI is InChI=1S/C13H14N2O4S2/c1-8-3-6-12(20-8)21(17,18)15-10-7-9(13(14)16)4-5-11(10)19-2/h3-7,15H,1-2H3,(H2,14,16). The van der Waals surface area contributed by atoms with Crippen molar-refractivity contribution in [2.75, 3.05) is 11.8 Å². The fourth-order valence-corrected chi connectivity index (χ4v) is 4.04. The Bertz CT molecular complexity index is 781. The number of amides is 1. The van der Waals surface area contributed by atoms with Crippen molar-refractivity contribution in [3.05, 3.63) is 40.8 Å². The second kappa shape index (κ2) is 5.74. The molecule has 0 aliphatic heterocycles. The van der Waals surface area contributed by atoms with Gasteiger partial charge < -0.3 is 10.5 Å². The van der Waals surface area contributed by atoms with Crippen molar-refractivity contribution < 1.29 is 17.9 Å². The normalized spacial score (nSPS) is 11.1. The third-order valence-corrected chi connectivity index (χ3v) is 5.57. The van der Waals surface area contributed by atoms with E-state index in [1.165, 1.54) is 31.4 Å². The lowest BCUT2D eigenvalue weighted by Gasteiger charge is -2.11. The van der Waals surface area contributed by atoms with Gasteiger partial charge in [-0.05, 0) is 37.3 Å². The van der Waals surface area contributed by atoms with Crippen molar-refractivity contribution in [1.29, 1.82) is 0 Å². The summed E-state index contributed by atoms with van der Waals surface area (Å²) in [5.41, 5.74) is 5.55. The number of hydrogen-bond donors (Lipinski definition) is 2. The summed E-state index contributed by atoms with van der Waals surface area (Å²) in [5, 5.41) is 0. The molecule has 2 aromatic rings. The maximum Gasteiger partial charge on any atom is 0.271 e. The average molecular weight is 326 g/mol. The van der Waals surface area contributed by atoms with Crippen LogP contribution >= 0.6 is 11.3 Å². The van der Waals surface area contributed by atoms with Crippen LogP contribution in [0, 0.1) is 6.92 Å². The number of thiophene rings is 1. The molecular formula is C13H14N2O4S2. The van der Waals surface area contributed by atoms with E-state index in [9.17, 15) is 13.2 Å². The summed E-state index contributed by atoms with van der Waals surface area (Å²) in [6.07, 6.45) is 0. The third kappa shape index (κ3) is 3.34. The SMILES string of the molecule is COc1ccc(C(N)=O)cc1NS(=O)(=O)c1ccc(C)s1. The molecule has 0 saturated heterocycles. The summed E-state index contributed by atoms with van der Waals surface area (Å²) in [5.74, 6) is -0.345. The predicted molar refractivity (Wildman–Crippen MR) is 81.4 cm³/mol. The number of ether oxygens (including phenoxy) is 1. The molecule has 1 amide bonds. The molecule has 1 aromatic carbocycles. The Labute approximate surface area is 126 Å². The van der Waals surface area contributed by atoms with Crippen LogP contribution in [0.1, 0.15) is 15.2 Å². The molecule has 2 rings (SSSR count). The average Bonchev–Trinajstić information content (AvgIpc) is 2.85. The van der Waals surface area contributed by atoms with Gasteiger partial charge in [0.15, 0.2) is 0 Å². The lowest BCUT2D eigenvalue weighted by Crippen LogP contribution is -2.15. The molecule has 6 nitrogen and oxygen atoms in total. The number of primary amides is 1. The van der Waals surface area contributed by atoms with Crippen molar-refractivity contribution in [3.63, 3.8) is 0 Å². The lowest BCUT2D eigenvalue weighted by molar-refractivity contribution is 0.100. The van der Waals surface area contributed by atoms with Crippen LogP contribution in [0.15, 0.2) is 34.5 Å². The lowest BCUT2D eigenvalue weighted by atomic mass is 10.2. The molecule has 0 radical (unpaired) electrons. The first-order chi connectivity index (χ1) is 9.83. The highest BCUT2D eigenvalue weighted by atomic mass is 32.2. The summed E-state index contributed by atoms with van der Waals surface area (Å²) in [7, 11) is -2.32. The molecule has 1 heterocycles. The topological polar surface area (TPSA) is 98.5 Å². The molecule has 1 aromatic heterocycles. The van der Waals surface area contributed by atoms with E-state index in [1.807, 2.05) is 6.92 Å². The van der Waals surface area contributed by atoms with Crippen molar-refractivity contribution in [2.24, 2.45) is 5.73 Å². The molecule has 8 heteroatoms. The molecule has 0 aliphatic rings. The highest BCUT2D eigenvalue weighted by Crippen LogP contribution is 2.29. The van der Waals surface area contributed by atoms with Gasteiger partial charge in [-0.15, -0.1) is 11.3 Å². The van der Waals surface area contributed by atoms with Crippen LogP contribution in [0.3, 0.4) is 0 Å². The number of methoxy groups -OCH3 is 1. The van der Waals surface area contributed by atoms with Crippen LogP contribution in [0.2, 0.25) is 0 Å². The smallest absolute Gasteiger partial charge is 0.271 e. The van der Waals surface area contributed by atoms with E-state index in [-0.39, 0.29) is 15.5 Å². The highest BCUT2D eigenvalue weighted by Gasteiger charge is 2.19. The molecule has 3 N–H and O–H groups in total. The zero-order valence-electron chi connectivity index (χ0n) is 11.4. The summed E-state index contributed by atoms with van der Waals surface area (Å²) >= 11 is 1.15. The predicted octanol–water partition coefficient (Wildman–Crippen LogP) is 1.96. The van der Waals surface area contributed by atoms with Gasteiger partial charge in [0.2, 0.25) is 5.91 Å². The zero-order chi connectivity index (χ0) is 15.6. The van der Waals surface area contributed by atoms with Crippen molar-refractivity contribution in [1.82, 2.24) is 0 Å². The van der Waals surface area contributed by atoms with Crippen molar-refractivity contribution >= 4 is 33.0 Å². The fraction of sp³-hybridized carbons (Fsp3) is 0.154. The van der Waals surface area contributed by atoms with Gasteiger partial charge >= 0.3 is 0 Å². The molecule has 21 heavy (non-hydrogen) atoms. The van der Waals surface area contributed by atoms with Gasteiger partial charge in [0, 0.05) is 10.4 Å². The van der Waals surface area contributed by atoms with E-state index < -0.39 is 15.9 Å². The van der Waals surface area contributed by atoms with Crippen LogP contribution in [-0.2, 0) is 10.0 Å². The molecule has 0 fully saturated rings. The molecule has 0 bridgehead atoms. The van der Waals surface area contributed by atoms with Crippen LogP contribution < -0.4 is 15.2 Å². The minimum absolute atomic E-state index is 0.167. The van der Waals surface area contributed by atoms with Crippen LogP contribution in [0.25, 0.3) is 0 Å². The molecule has 0 atom stereocenters. The molecule has 0 aliphatic carbocycles. The van der Waals surface area contributed by atoms with E-state index in [4.69, 9.17) is 10.5 Å². The second-order valence-electron chi connectivity index (χ2n) is 4.25. The Morgan fingerprint density at radius 2 is 2.00 bits per heavy atom. The number of nitrogens with one attached hydrogen (secondary N) is 1. The fourth-order valence-electron chi connectivity index (χ4n) is 1.69. The van der Waals surface area contributed by atoms with Crippen LogP contribution in [0.5, 0.6) is 5.75 Å². The van der Waals surface area contributed by atoms with Crippen LogP contribution in [-0.4, -0.2) is 21.4 Å². The first-order valence-corrected chi connectivity index (χ1v) is 8.20. The number of rotatable bonds is 5. The maximum absolute atomic E-state index is 12.3. The third-order valence-electron chi connectivity index (χ3n) is 2.71. The summed E-state index contributed by atoms with van der Waals surface area (Å²) in [6, 6.07) is 7.54. The Morgan fingerprint density at radius 1 is 1.29 bits per heavy atom. The number of sulfonamides is 1. The molecule has 0 saturated carbocycles. The van der Waals surface area contributed by atoms with Gasteiger partial charge in [0.1, 0.15) is 9.96 Å². The minimum Gasteiger partial charge on any atom is -0.495 e. The zero-order valence-corrected chi connectivity index (χ0v) is 13.0. The monoisotopic (exact) mass is 326 g/mol. The maximum atomic E-state index is 12.3. The Hall–Kier alpha value is -2.06. The van der Waals surface area contributed by atoms with Crippen LogP contribution in [0.4, 0.5) is 5.69 Å². The number of benzene rings is 1. The highest BCUT2D eigenvalue weighted by molar-refractivity contribution is 7.94. The summed E-state index contributed by atoms with van der Waals surface area (Å²) in [6.45, 7) is 1.82. The van der Waals surface area contributed by atoms with E-state index in [0.29, 0.717) is 5.75 Å². The van der Waals surface area contributed by atoms with E-state index in [0.717, 1.165) is 16.2 Å². The first-order valence-electron chi connectivity index (χ1n) is 5.90. The van der Waals surface area contributed by atoms with Gasteiger partial charge in [-0.2, -0.15) is 0 Å².